The molecular weight excluding hydrogens is 176 g/mol. The van der Waals surface area contributed by atoms with E-state index in [9.17, 15) is 0 Å². The van der Waals surface area contributed by atoms with Crippen LogP contribution in [0.25, 0.3) is 0 Å². The van der Waals surface area contributed by atoms with Gasteiger partial charge in [0.2, 0.25) is 6.29 Å². The molecule has 1 aromatic carbocycles. The fraction of sp³-hybridized carbons (Fsp3) is 0.500. The molecule has 0 radical (unpaired) electrons. The Bertz CT molecular complexity index is 306. The molecule has 0 fully saturated rings. The Morgan fingerprint density at radius 1 is 1.14 bits per heavy atom. The molecule has 0 aromatic heterocycles. The minimum Gasteiger partial charge on any atom is -0.450 e. The fourth-order valence-corrected chi connectivity index (χ4v) is 1.39. The van der Waals surface area contributed by atoms with Gasteiger partial charge in [0, 0.05) is 5.41 Å². The van der Waals surface area contributed by atoms with Crippen molar-refractivity contribution < 1.29 is 9.47 Å². The van der Waals surface area contributed by atoms with Crippen molar-refractivity contribution in [1.82, 2.24) is 0 Å². The van der Waals surface area contributed by atoms with Gasteiger partial charge in [-0.15, -0.1) is 0 Å². The summed E-state index contributed by atoms with van der Waals surface area (Å²) in [5.41, 5.74) is 0.0546. The standard InChI is InChI=1S/C12H16O2/c1-4-12(2,3)11-13-9-7-5-6-8-10(9)14-11/h5-8,11H,4H2,1-3H3. The summed E-state index contributed by atoms with van der Waals surface area (Å²) >= 11 is 0. The number of benzene rings is 1. The van der Waals surface area contributed by atoms with Crippen LogP contribution < -0.4 is 9.47 Å². The molecule has 2 nitrogen and oxygen atoms in total. The maximum Gasteiger partial charge on any atom is 0.246 e. The maximum atomic E-state index is 5.74. The highest BCUT2D eigenvalue weighted by Crippen LogP contribution is 2.40. The first-order valence-corrected chi connectivity index (χ1v) is 5.06. The molecule has 76 valence electrons. The lowest BCUT2D eigenvalue weighted by molar-refractivity contribution is -0.0506. The van der Waals surface area contributed by atoms with E-state index in [1.165, 1.54) is 0 Å². The van der Waals surface area contributed by atoms with Crippen LogP contribution in [0.15, 0.2) is 24.3 Å². The summed E-state index contributed by atoms with van der Waals surface area (Å²) in [5.74, 6) is 1.72. The zero-order valence-electron chi connectivity index (χ0n) is 8.91. The van der Waals surface area contributed by atoms with E-state index in [2.05, 4.69) is 20.8 Å². The van der Waals surface area contributed by atoms with Gasteiger partial charge in [-0.25, -0.2) is 0 Å². The van der Waals surface area contributed by atoms with Crippen molar-refractivity contribution in [2.45, 2.75) is 33.5 Å². The van der Waals surface area contributed by atoms with Crippen LogP contribution in [-0.4, -0.2) is 6.29 Å². The van der Waals surface area contributed by atoms with E-state index in [1.54, 1.807) is 0 Å². The fourth-order valence-electron chi connectivity index (χ4n) is 1.39. The summed E-state index contributed by atoms with van der Waals surface area (Å²) in [7, 11) is 0. The predicted molar refractivity (Wildman–Crippen MR) is 55.6 cm³/mol. The van der Waals surface area contributed by atoms with E-state index in [-0.39, 0.29) is 11.7 Å². The third-order valence-electron chi connectivity index (χ3n) is 2.87. The Morgan fingerprint density at radius 3 is 2.07 bits per heavy atom. The van der Waals surface area contributed by atoms with E-state index >= 15 is 0 Å². The Hall–Kier alpha value is -1.18. The summed E-state index contributed by atoms with van der Waals surface area (Å²) < 4.78 is 11.5. The lowest BCUT2D eigenvalue weighted by Crippen LogP contribution is -2.35. The normalized spacial score (nSPS) is 15.9. The molecule has 0 atom stereocenters. The van der Waals surface area contributed by atoms with Crippen molar-refractivity contribution in [3.05, 3.63) is 24.3 Å². The maximum absolute atomic E-state index is 5.74. The lowest BCUT2D eigenvalue weighted by atomic mass is 9.89. The zero-order valence-corrected chi connectivity index (χ0v) is 8.91. The molecule has 0 saturated heterocycles. The van der Waals surface area contributed by atoms with Crippen molar-refractivity contribution in [2.75, 3.05) is 0 Å². The second-order valence-electron chi connectivity index (χ2n) is 4.36. The number of hydrogen-bond donors (Lipinski definition) is 0. The van der Waals surface area contributed by atoms with E-state index < -0.39 is 0 Å². The van der Waals surface area contributed by atoms with Gasteiger partial charge in [-0.1, -0.05) is 32.9 Å². The molecule has 0 saturated carbocycles. The van der Waals surface area contributed by atoms with Gasteiger partial charge in [0.1, 0.15) is 0 Å². The van der Waals surface area contributed by atoms with Crippen LogP contribution >= 0.6 is 0 Å². The average Bonchev–Trinajstić information content (AvgIpc) is 2.61. The minimum absolute atomic E-state index is 0.0546. The third kappa shape index (κ3) is 1.45. The lowest BCUT2D eigenvalue weighted by Gasteiger charge is -2.27. The Kier molecular flexibility index (Phi) is 2.14. The topological polar surface area (TPSA) is 18.5 Å². The van der Waals surface area contributed by atoms with Gasteiger partial charge in [-0.3, -0.25) is 0 Å². The summed E-state index contributed by atoms with van der Waals surface area (Å²) in [6.07, 6.45) is 0.885. The second kappa shape index (κ2) is 3.19. The van der Waals surface area contributed by atoms with Gasteiger partial charge in [0.05, 0.1) is 0 Å². The molecule has 0 unspecified atom stereocenters. The summed E-state index contributed by atoms with van der Waals surface area (Å²) in [5, 5.41) is 0. The largest absolute Gasteiger partial charge is 0.450 e. The smallest absolute Gasteiger partial charge is 0.246 e. The molecule has 14 heavy (non-hydrogen) atoms. The van der Waals surface area contributed by atoms with Crippen molar-refractivity contribution in [3.63, 3.8) is 0 Å². The highest BCUT2D eigenvalue weighted by Gasteiger charge is 2.36. The molecule has 2 heteroatoms. The number of ether oxygens (including phenoxy) is 2. The van der Waals surface area contributed by atoms with Crippen LogP contribution in [0.4, 0.5) is 0 Å². The Balaban J connectivity index is 2.19. The molecule has 1 aromatic rings. The zero-order chi connectivity index (χ0) is 10.2. The number of fused-ring (bicyclic) bond motifs is 1. The quantitative estimate of drug-likeness (QED) is 0.716. The molecule has 0 N–H and O–H groups in total. The average molecular weight is 192 g/mol. The minimum atomic E-state index is -0.148. The molecular formula is C12H16O2. The van der Waals surface area contributed by atoms with Crippen LogP contribution in [0.1, 0.15) is 27.2 Å². The van der Waals surface area contributed by atoms with E-state index in [0.29, 0.717) is 0 Å². The van der Waals surface area contributed by atoms with Crippen LogP contribution in [0.2, 0.25) is 0 Å². The number of para-hydroxylation sites is 2. The van der Waals surface area contributed by atoms with Crippen LogP contribution in [-0.2, 0) is 0 Å². The van der Waals surface area contributed by atoms with Crippen molar-refractivity contribution in [1.29, 1.82) is 0 Å². The molecule has 1 aliphatic rings. The molecule has 0 amide bonds. The molecule has 0 aliphatic carbocycles. The summed E-state index contributed by atoms with van der Waals surface area (Å²) in [4.78, 5) is 0. The highest BCUT2D eigenvalue weighted by molar-refractivity contribution is 5.41. The van der Waals surface area contributed by atoms with E-state index in [4.69, 9.17) is 9.47 Å². The van der Waals surface area contributed by atoms with Crippen LogP contribution in [0.3, 0.4) is 0 Å². The summed E-state index contributed by atoms with van der Waals surface area (Å²) in [6, 6.07) is 7.81. The van der Waals surface area contributed by atoms with Gasteiger partial charge >= 0.3 is 0 Å². The Labute approximate surface area is 84.8 Å². The van der Waals surface area contributed by atoms with E-state index in [1.807, 2.05) is 24.3 Å². The summed E-state index contributed by atoms with van der Waals surface area (Å²) in [6.45, 7) is 6.46. The molecule has 2 rings (SSSR count). The Morgan fingerprint density at radius 2 is 1.64 bits per heavy atom. The highest BCUT2D eigenvalue weighted by atomic mass is 16.7. The van der Waals surface area contributed by atoms with Gasteiger partial charge in [0.15, 0.2) is 11.5 Å². The van der Waals surface area contributed by atoms with Crippen molar-refractivity contribution >= 4 is 0 Å². The predicted octanol–water partition coefficient (Wildman–Crippen LogP) is 3.22. The number of rotatable bonds is 2. The van der Waals surface area contributed by atoms with Crippen molar-refractivity contribution in [2.24, 2.45) is 5.41 Å². The van der Waals surface area contributed by atoms with E-state index in [0.717, 1.165) is 17.9 Å². The first-order chi connectivity index (χ1) is 6.63. The first kappa shape index (κ1) is 9.38. The molecule has 0 spiro atoms. The van der Waals surface area contributed by atoms with Gasteiger partial charge in [0.25, 0.3) is 0 Å². The second-order valence-corrected chi connectivity index (χ2v) is 4.36. The van der Waals surface area contributed by atoms with Crippen molar-refractivity contribution in [3.8, 4) is 11.5 Å². The molecule has 0 bridgehead atoms. The third-order valence-corrected chi connectivity index (χ3v) is 2.87. The van der Waals surface area contributed by atoms with Gasteiger partial charge < -0.3 is 9.47 Å². The van der Waals surface area contributed by atoms with Gasteiger partial charge in [-0.2, -0.15) is 0 Å². The SMILES string of the molecule is CCC(C)(C)C1Oc2ccccc2O1. The van der Waals surface area contributed by atoms with Crippen LogP contribution in [0, 0.1) is 5.41 Å². The van der Waals surface area contributed by atoms with Gasteiger partial charge in [-0.05, 0) is 18.6 Å². The molecule has 1 heterocycles. The van der Waals surface area contributed by atoms with Crippen LogP contribution in [0.5, 0.6) is 11.5 Å². The monoisotopic (exact) mass is 192 g/mol. The molecule has 1 aliphatic heterocycles. The number of hydrogen-bond acceptors (Lipinski definition) is 2. The first-order valence-electron chi connectivity index (χ1n) is 5.06.